The van der Waals surface area contributed by atoms with E-state index in [4.69, 9.17) is 4.74 Å². The highest BCUT2D eigenvalue weighted by molar-refractivity contribution is 9.10. The van der Waals surface area contributed by atoms with Gasteiger partial charge >= 0.3 is 0 Å². The Bertz CT molecular complexity index is 586. The summed E-state index contributed by atoms with van der Waals surface area (Å²) >= 11 is 4.36. The summed E-state index contributed by atoms with van der Waals surface area (Å²) in [6.45, 7) is 4.61. The Labute approximate surface area is 130 Å². The number of ether oxygens (including phenoxy) is 1. The van der Waals surface area contributed by atoms with E-state index in [0.29, 0.717) is 23.8 Å². The highest BCUT2D eigenvalue weighted by atomic mass is 79.9. The van der Waals surface area contributed by atoms with Crippen molar-refractivity contribution in [1.82, 2.24) is 4.90 Å². The third-order valence-corrected chi connectivity index (χ3v) is 4.15. The molecule has 1 aromatic rings. The van der Waals surface area contributed by atoms with Crippen LogP contribution in [0.25, 0.3) is 6.08 Å². The van der Waals surface area contributed by atoms with Gasteiger partial charge in [0.1, 0.15) is 5.75 Å². The highest BCUT2D eigenvalue weighted by Crippen LogP contribution is 2.34. The van der Waals surface area contributed by atoms with Gasteiger partial charge in [0.15, 0.2) is 0 Å². The highest BCUT2D eigenvalue weighted by Gasteiger charge is 2.33. The Kier molecular flexibility index (Phi) is 4.88. The monoisotopic (exact) mass is 355 g/mol. The molecule has 0 N–H and O–H groups in total. The number of amides is 2. The minimum absolute atomic E-state index is 0.225. The second-order valence-electron chi connectivity index (χ2n) is 4.04. The molecule has 0 atom stereocenters. The summed E-state index contributed by atoms with van der Waals surface area (Å²) in [5, 5.41) is -0.225. The van der Waals surface area contributed by atoms with Crippen molar-refractivity contribution in [2.75, 3.05) is 13.2 Å². The number of likely N-dealkylation sites (N-methyl/N-ethyl adjacent to an activating group) is 1. The average molecular weight is 356 g/mol. The van der Waals surface area contributed by atoms with Gasteiger partial charge in [-0.3, -0.25) is 14.5 Å². The van der Waals surface area contributed by atoms with E-state index in [2.05, 4.69) is 15.9 Å². The third-order valence-electron chi connectivity index (χ3n) is 2.75. The SMILES string of the molecule is CCOc1ccc(Br)cc1/C=C1\SC(=O)N(CC)C1=O. The summed E-state index contributed by atoms with van der Waals surface area (Å²) in [7, 11) is 0. The first-order chi connectivity index (χ1) is 9.56. The third kappa shape index (κ3) is 3.07. The molecule has 0 aromatic heterocycles. The summed E-state index contributed by atoms with van der Waals surface area (Å²) in [6, 6.07) is 5.58. The van der Waals surface area contributed by atoms with E-state index in [9.17, 15) is 9.59 Å². The van der Waals surface area contributed by atoms with Gasteiger partial charge in [0.2, 0.25) is 0 Å². The zero-order valence-electron chi connectivity index (χ0n) is 11.2. The molecule has 0 unspecified atom stereocenters. The lowest BCUT2D eigenvalue weighted by molar-refractivity contribution is -0.122. The first-order valence-corrected chi connectivity index (χ1v) is 7.85. The number of hydrogen-bond acceptors (Lipinski definition) is 4. The Morgan fingerprint density at radius 1 is 1.35 bits per heavy atom. The number of carbonyl (C=O) groups excluding carboxylic acids is 2. The van der Waals surface area contributed by atoms with Crippen LogP contribution in [0.4, 0.5) is 4.79 Å². The molecule has 1 aliphatic heterocycles. The molecule has 1 saturated heterocycles. The number of halogens is 1. The van der Waals surface area contributed by atoms with Gasteiger partial charge in [0.05, 0.1) is 11.5 Å². The maximum absolute atomic E-state index is 12.1. The van der Waals surface area contributed by atoms with E-state index >= 15 is 0 Å². The second kappa shape index (κ2) is 6.45. The molecule has 1 fully saturated rings. The van der Waals surface area contributed by atoms with Crippen molar-refractivity contribution in [2.24, 2.45) is 0 Å². The van der Waals surface area contributed by atoms with E-state index in [1.807, 2.05) is 25.1 Å². The Balaban J connectivity index is 2.38. The zero-order chi connectivity index (χ0) is 14.7. The van der Waals surface area contributed by atoms with Gasteiger partial charge < -0.3 is 4.74 Å². The number of hydrogen-bond donors (Lipinski definition) is 0. The Hall–Kier alpha value is -1.27. The van der Waals surface area contributed by atoms with Crippen molar-refractivity contribution in [3.8, 4) is 5.75 Å². The van der Waals surface area contributed by atoms with Gasteiger partial charge in [0.25, 0.3) is 11.1 Å². The van der Waals surface area contributed by atoms with Crippen molar-refractivity contribution in [1.29, 1.82) is 0 Å². The molecule has 0 spiro atoms. The molecule has 1 heterocycles. The molecule has 0 radical (unpaired) electrons. The van der Waals surface area contributed by atoms with Gasteiger partial charge in [-0.1, -0.05) is 15.9 Å². The largest absolute Gasteiger partial charge is 0.493 e. The van der Waals surface area contributed by atoms with Crippen LogP contribution >= 0.6 is 27.7 Å². The van der Waals surface area contributed by atoms with Gasteiger partial charge in [-0.15, -0.1) is 0 Å². The smallest absolute Gasteiger partial charge is 0.293 e. The summed E-state index contributed by atoms with van der Waals surface area (Å²) in [4.78, 5) is 25.4. The molecule has 20 heavy (non-hydrogen) atoms. The predicted octanol–water partition coefficient (Wildman–Crippen LogP) is 3.90. The number of rotatable bonds is 4. The summed E-state index contributed by atoms with van der Waals surface area (Å²) in [5.74, 6) is 0.448. The van der Waals surface area contributed by atoms with Crippen molar-refractivity contribution in [2.45, 2.75) is 13.8 Å². The van der Waals surface area contributed by atoms with Crippen LogP contribution in [0.2, 0.25) is 0 Å². The zero-order valence-corrected chi connectivity index (χ0v) is 13.6. The molecule has 106 valence electrons. The molecule has 2 amide bonds. The molecule has 0 bridgehead atoms. The van der Waals surface area contributed by atoms with Gasteiger partial charge in [-0.05, 0) is 49.9 Å². The van der Waals surface area contributed by atoms with E-state index in [1.54, 1.807) is 13.0 Å². The lowest BCUT2D eigenvalue weighted by Crippen LogP contribution is -2.27. The first-order valence-electron chi connectivity index (χ1n) is 6.24. The van der Waals surface area contributed by atoms with Crippen LogP contribution in [0.5, 0.6) is 5.75 Å². The molecule has 6 heteroatoms. The lowest BCUT2D eigenvalue weighted by atomic mass is 10.2. The second-order valence-corrected chi connectivity index (χ2v) is 5.95. The molecule has 0 aliphatic carbocycles. The predicted molar refractivity (Wildman–Crippen MR) is 83.7 cm³/mol. The van der Waals surface area contributed by atoms with E-state index in [1.165, 1.54) is 4.90 Å². The van der Waals surface area contributed by atoms with Gasteiger partial charge in [-0.25, -0.2) is 0 Å². The molecule has 1 aromatic carbocycles. The summed E-state index contributed by atoms with van der Waals surface area (Å²) in [5.41, 5.74) is 0.780. The standard InChI is InChI=1S/C14H14BrNO3S/c1-3-16-13(17)12(20-14(16)18)8-9-7-10(15)5-6-11(9)19-4-2/h5-8H,3-4H2,1-2H3/b12-8-. The Morgan fingerprint density at radius 2 is 2.10 bits per heavy atom. The van der Waals surface area contributed by atoms with E-state index in [0.717, 1.165) is 21.8 Å². The maximum Gasteiger partial charge on any atom is 0.293 e. The van der Waals surface area contributed by atoms with Crippen LogP contribution in [0.15, 0.2) is 27.6 Å². The maximum atomic E-state index is 12.1. The van der Waals surface area contributed by atoms with Crippen LogP contribution in [0, 0.1) is 0 Å². The topological polar surface area (TPSA) is 46.6 Å². The summed E-state index contributed by atoms with van der Waals surface area (Å²) in [6.07, 6.45) is 1.70. The van der Waals surface area contributed by atoms with Crippen molar-refractivity contribution in [3.05, 3.63) is 33.1 Å². The normalized spacial score (nSPS) is 17.1. The van der Waals surface area contributed by atoms with Crippen LogP contribution in [0.3, 0.4) is 0 Å². The first kappa shape index (κ1) is 15.1. The van der Waals surface area contributed by atoms with Crippen LogP contribution in [-0.2, 0) is 4.79 Å². The fourth-order valence-corrected chi connectivity index (χ4v) is 3.11. The quantitative estimate of drug-likeness (QED) is 0.768. The lowest BCUT2D eigenvalue weighted by Gasteiger charge is -2.09. The molecule has 1 aliphatic rings. The van der Waals surface area contributed by atoms with Crippen LogP contribution < -0.4 is 4.74 Å². The number of nitrogens with zero attached hydrogens (tertiary/aromatic N) is 1. The fourth-order valence-electron chi connectivity index (χ4n) is 1.83. The Morgan fingerprint density at radius 3 is 2.70 bits per heavy atom. The van der Waals surface area contributed by atoms with Crippen LogP contribution in [-0.4, -0.2) is 29.2 Å². The molecule has 0 saturated carbocycles. The molecule has 4 nitrogen and oxygen atoms in total. The number of imide groups is 1. The molecular formula is C14H14BrNO3S. The van der Waals surface area contributed by atoms with E-state index < -0.39 is 0 Å². The molecular weight excluding hydrogens is 342 g/mol. The summed E-state index contributed by atoms with van der Waals surface area (Å²) < 4.78 is 6.42. The fraction of sp³-hybridized carbons (Fsp3) is 0.286. The van der Waals surface area contributed by atoms with Crippen molar-refractivity contribution >= 4 is 44.9 Å². The van der Waals surface area contributed by atoms with Gasteiger partial charge in [0, 0.05) is 16.6 Å². The number of benzene rings is 1. The minimum atomic E-state index is -0.245. The minimum Gasteiger partial charge on any atom is -0.493 e. The average Bonchev–Trinajstić information content (AvgIpc) is 2.67. The molecule has 2 rings (SSSR count). The number of carbonyl (C=O) groups is 2. The number of thioether (sulfide) groups is 1. The van der Waals surface area contributed by atoms with Crippen molar-refractivity contribution in [3.63, 3.8) is 0 Å². The van der Waals surface area contributed by atoms with Crippen molar-refractivity contribution < 1.29 is 14.3 Å². The van der Waals surface area contributed by atoms with Crippen LogP contribution in [0.1, 0.15) is 19.4 Å². The van der Waals surface area contributed by atoms with E-state index in [-0.39, 0.29) is 11.1 Å². The van der Waals surface area contributed by atoms with Gasteiger partial charge in [-0.2, -0.15) is 0 Å².